The molecule has 0 saturated heterocycles. The molecule has 0 atom stereocenters. The van der Waals surface area contributed by atoms with Crippen molar-refractivity contribution >= 4 is 24.7 Å². The van der Waals surface area contributed by atoms with E-state index in [9.17, 15) is 0 Å². The Morgan fingerprint density at radius 3 is 0.643 bits per heavy atom. The molecule has 1 nitrogen and oxygen atoms in total. The molecule has 0 aromatic heterocycles. The van der Waals surface area contributed by atoms with Crippen molar-refractivity contribution < 1.29 is 36.9 Å². The van der Waals surface area contributed by atoms with Gasteiger partial charge in [0.25, 0.3) is 0 Å². The van der Waals surface area contributed by atoms with Gasteiger partial charge in [0.05, 0.1) is 0 Å². The monoisotopic (exact) mass is 408 g/mol. The summed E-state index contributed by atoms with van der Waals surface area (Å²) in [5, 5.41) is 0. The normalized spacial score (nSPS) is 14.1. The van der Waals surface area contributed by atoms with E-state index in [1.54, 1.807) is 0 Å². The minimum absolute atomic E-state index is 0. The van der Waals surface area contributed by atoms with Gasteiger partial charge in [-0.05, 0) is 0 Å². The van der Waals surface area contributed by atoms with Gasteiger partial charge in [-0.2, -0.15) is 0 Å². The molecule has 0 N–H and O–H groups in total. The van der Waals surface area contributed by atoms with Crippen LogP contribution < -0.4 is 0 Å². The molecule has 0 fully saturated rings. The van der Waals surface area contributed by atoms with Crippen LogP contribution in [0.2, 0.25) is 58.9 Å². The maximum absolute atomic E-state index is 2.98. The molecule has 0 amide bonds. The van der Waals surface area contributed by atoms with E-state index in [2.05, 4.69) is 62.8 Å². The summed E-state index contributed by atoms with van der Waals surface area (Å²) in [6.45, 7) is 22.4. The van der Waals surface area contributed by atoms with Crippen LogP contribution in [0.25, 0.3) is 0 Å². The summed E-state index contributed by atoms with van der Waals surface area (Å²) in [4.78, 5) is 0. The van der Waals surface area contributed by atoms with Gasteiger partial charge in [-0.15, -0.1) is 0 Å². The van der Waals surface area contributed by atoms with E-state index in [1.807, 2.05) is 0 Å². The molecule has 0 rings (SSSR count). The molecule has 0 spiro atoms. The van der Waals surface area contributed by atoms with Gasteiger partial charge in [0, 0.05) is 36.9 Å². The van der Waals surface area contributed by atoms with Crippen molar-refractivity contribution in [2.24, 2.45) is 0 Å². The van der Waals surface area contributed by atoms with Crippen LogP contribution in [0.5, 0.6) is 0 Å². The van der Waals surface area contributed by atoms with Gasteiger partial charge < -0.3 is 3.90 Å². The quantitative estimate of drug-likeness (QED) is 0.642. The second-order valence-corrected chi connectivity index (χ2v) is 22.6. The second kappa shape index (κ2) is 5.45. The molecule has 95 valence electrons. The third-order valence-corrected chi connectivity index (χ3v) is 18.1. The summed E-state index contributed by atoms with van der Waals surface area (Å²) >= 11 is 0. The smallest absolute Gasteiger partial charge is 0.105 e. The van der Waals surface area contributed by atoms with Crippen LogP contribution in [0.15, 0.2) is 0 Å². The average molecular weight is 409 g/mol. The molecule has 0 aromatic rings. The molecule has 0 bridgehead atoms. The predicted molar refractivity (Wildman–Crippen MR) is 71.9 cm³/mol. The summed E-state index contributed by atoms with van der Waals surface area (Å²) in [7, 11) is -3.30. The first-order chi connectivity index (χ1) is 5.37. The minimum atomic E-state index is -1.10. The Hall–Kier alpha value is 1.84. The fourth-order valence-electron chi connectivity index (χ4n) is 3.02. The van der Waals surface area contributed by atoms with Crippen LogP contribution in [0.4, 0.5) is 0 Å². The van der Waals surface area contributed by atoms with Crippen LogP contribution in [-0.4, -0.2) is 28.6 Å². The molecule has 0 saturated carbocycles. The topological polar surface area (TPSA) is 3.24 Å². The van der Waals surface area contributed by atoms with Crippen molar-refractivity contribution in [2.75, 3.05) is 0 Å². The molecule has 5 heteroatoms. The Morgan fingerprint density at radius 1 is 0.500 bits per heavy atom. The van der Waals surface area contributed by atoms with Gasteiger partial charge in [-0.25, -0.2) is 0 Å². The molecule has 1 radical (unpaired) electrons. The van der Waals surface area contributed by atoms with Gasteiger partial charge in [-0.3, -0.25) is 0 Å². The molecular weight excluding hydrogens is 381 g/mol. The number of nitrogens with zero attached hydrogens (tertiary/aromatic N) is 1. The molecular formula is C9H27LuNSi3. The second-order valence-electron chi connectivity index (χ2n) is 6.85. The Morgan fingerprint density at radius 2 is 0.643 bits per heavy atom. The first kappa shape index (κ1) is 18.2. The molecule has 14 heavy (non-hydrogen) atoms. The Balaban J connectivity index is 0. The van der Waals surface area contributed by atoms with Crippen LogP contribution in [-0.2, 0) is 0 Å². The van der Waals surface area contributed by atoms with Crippen molar-refractivity contribution in [3.05, 3.63) is 0 Å². The molecule has 0 aliphatic heterocycles. The first-order valence-electron chi connectivity index (χ1n) is 5.17. The number of rotatable bonds is 3. The maximum Gasteiger partial charge on any atom is 0.105 e. The van der Waals surface area contributed by atoms with E-state index in [1.165, 1.54) is 0 Å². The number of hydrogen-bond acceptors (Lipinski definition) is 1. The molecule has 0 aromatic carbocycles. The van der Waals surface area contributed by atoms with Crippen LogP contribution >= 0.6 is 0 Å². The van der Waals surface area contributed by atoms with E-state index in [0.29, 0.717) is 0 Å². The zero-order valence-electron chi connectivity index (χ0n) is 11.2. The molecule has 0 unspecified atom stereocenters. The van der Waals surface area contributed by atoms with Crippen LogP contribution in [0.3, 0.4) is 0 Å². The maximum atomic E-state index is 2.98. The SMILES string of the molecule is C[Si](C)(C)N([Si](C)(C)C)[Si](C)(C)C.[Lu]. The van der Waals surface area contributed by atoms with Gasteiger partial charge in [-0.1, -0.05) is 58.9 Å². The van der Waals surface area contributed by atoms with Crippen molar-refractivity contribution in [2.45, 2.75) is 58.9 Å². The average Bonchev–Trinajstić information content (AvgIpc) is 1.44. The standard InChI is InChI=1S/C9H27NSi3.Lu/c1-11(2,3)10(12(4,5)6)13(7,8)9;/h1-9H3;. The summed E-state index contributed by atoms with van der Waals surface area (Å²) in [5.74, 6) is 0. The summed E-state index contributed by atoms with van der Waals surface area (Å²) in [6.07, 6.45) is 0. The minimum Gasteiger partial charge on any atom is -0.369 e. The third kappa shape index (κ3) is 5.80. The summed E-state index contributed by atoms with van der Waals surface area (Å²) < 4.78 is 2.98. The molecule has 0 aliphatic rings. The van der Waals surface area contributed by atoms with Gasteiger partial charge in [0.1, 0.15) is 24.7 Å². The van der Waals surface area contributed by atoms with E-state index >= 15 is 0 Å². The van der Waals surface area contributed by atoms with Crippen LogP contribution in [0, 0.1) is 36.9 Å². The van der Waals surface area contributed by atoms with Crippen molar-refractivity contribution in [3.8, 4) is 0 Å². The van der Waals surface area contributed by atoms with Gasteiger partial charge in [0.15, 0.2) is 0 Å². The fraction of sp³-hybridized carbons (Fsp3) is 1.00. The summed E-state index contributed by atoms with van der Waals surface area (Å²) in [6, 6.07) is 0. The fourth-order valence-corrected chi connectivity index (χ4v) is 27.2. The van der Waals surface area contributed by atoms with Gasteiger partial charge >= 0.3 is 0 Å². The van der Waals surface area contributed by atoms with Crippen molar-refractivity contribution in [3.63, 3.8) is 0 Å². The predicted octanol–water partition coefficient (Wildman–Crippen LogP) is 3.79. The van der Waals surface area contributed by atoms with Crippen molar-refractivity contribution in [1.82, 2.24) is 3.90 Å². The number of hydrogen-bond donors (Lipinski definition) is 0. The summed E-state index contributed by atoms with van der Waals surface area (Å²) in [5.41, 5.74) is 0. The third-order valence-electron chi connectivity index (χ3n) is 2.01. The zero-order chi connectivity index (χ0) is 11.1. The van der Waals surface area contributed by atoms with Crippen LogP contribution in [0.1, 0.15) is 0 Å². The van der Waals surface area contributed by atoms with E-state index in [4.69, 9.17) is 0 Å². The largest absolute Gasteiger partial charge is 0.369 e. The first-order valence-corrected chi connectivity index (χ1v) is 15.5. The van der Waals surface area contributed by atoms with Crippen molar-refractivity contribution in [1.29, 1.82) is 0 Å². The van der Waals surface area contributed by atoms with Gasteiger partial charge in [0.2, 0.25) is 0 Å². The molecule has 0 aliphatic carbocycles. The Bertz CT molecular complexity index is 143. The Kier molecular flexibility index (Phi) is 7.09. The van der Waals surface area contributed by atoms with E-state index < -0.39 is 24.7 Å². The molecule has 0 heterocycles. The van der Waals surface area contributed by atoms with E-state index in [0.717, 1.165) is 0 Å². The van der Waals surface area contributed by atoms with E-state index in [-0.39, 0.29) is 36.9 Å². The zero-order valence-corrected chi connectivity index (χ0v) is 15.9. The Labute approximate surface area is 123 Å².